The van der Waals surface area contributed by atoms with E-state index in [9.17, 15) is 4.79 Å². The number of thiazole rings is 1. The number of aryl methyl sites for hydroxylation is 3. The quantitative estimate of drug-likeness (QED) is 0.928. The second kappa shape index (κ2) is 6.21. The van der Waals surface area contributed by atoms with E-state index in [1.165, 1.54) is 28.1 Å². The maximum absolute atomic E-state index is 12.3. The molecule has 2 aromatic rings. The Balaban J connectivity index is 1.67. The summed E-state index contributed by atoms with van der Waals surface area (Å²) in [4.78, 5) is 18.2. The number of aromatic nitrogens is 1. The molecule has 1 aliphatic carbocycles. The third-order valence-electron chi connectivity index (χ3n) is 4.28. The fourth-order valence-electron chi connectivity index (χ4n) is 2.97. The molecule has 3 nitrogen and oxygen atoms in total. The maximum Gasteiger partial charge on any atom is 0.230 e. The minimum atomic E-state index is 0.0195. The van der Waals surface area contributed by atoms with E-state index in [4.69, 9.17) is 0 Å². The Labute approximate surface area is 135 Å². The highest BCUT2D eigenvalue weighted by molar-refractivity contribution is 7.15. The lowest BCUT2D eigenvalue weighted by Gasteiger charge is -2.15. The third-order valence-corrected chi connectivity index (χ3v) is 5.32. The van der Waals surface area contributed by atoms with Gasteiger partial charge in [0.1, 0.15) is 0 Å². The largest absolute Gasteiger partial charge is 0.302 e. The molecule has 0 spiro atoms. The molecule has 0 saturated carbocycles. The van der Waals surface area contributed by atoms with E-state index in [1.807, 2.05) is 6.07 Å². The van der Waals surface area contributed by atoms with Gasteiger partial charge in [0.2, 0.25) is 5.91 Å². The van der Waals surface area contributed by atoms with Crippen LogP contribution in [-0.2, 0) is 24.1 Å². The molecule has 1 atom stereocenters. The van der Waals surface area contributed by atoms with Gasteiger partial charge in [-0.3, -0.25) is 4.79 Å². The number of fused-ring (bicyclic) bond motifs is 1. The number of rotatable bonds is 3. The number of hydrogen-bond acceptors (Lipinski definition) is 3. The summed E-state index contributed by atoms with van der Waals surface area (Å²) < 4.78 is 0. The van der Waals surface area contributed by atoms with Crippen LogP contribution in [0.2, 0.25) is 0 Å². The van der Waals surface area contributed by atoms with E-state index < -0.39 is 0 Å². The highest BCUT2D eigenvalue weighted by Crippen LogP contribution is 2.32. The predicted molar refractivity (Wildman–Crippen MR) is 91.6 cm³/mol. The topological polar surface area (TPSA) is 42.0 Å². The van der Waals surface area contributed by atoms with Crippen molar-refractivity contribution in [1.29, 1.82) is 0 Å². The van der Waals surface area contributed by atoms with Gasteiger partial charge in [-0.1, -0.05) is 30.7 Å². The number of carbonyl (C=O) groups is 1. The molecule has 0 aliphatic heterocycles. The van der Waals surface area contributed by atoms with Crippen LogP contribution in [-0.4, -0.2) is 10.9 Å². The van der Waals surface area contributed by atoms with Crippen molar-refractivity contribution in [2.75, 3.05) is 5.32 Å². The summed E-state index contributed by atoms with van der Waals surface area (Å²) in [7, 11) is 0. The van der Waals surface area contributed by atoms with Gasteiger partial charge in [-0.25, -0.2) is 4.98 Å². The zero-order chi connectivity index (χ0) is 15.7. The summed E-state index contributed by atoms with van der Waals surface area (Å²) in [6, 6.07) is 6.21. The van der Waals surface area contributed by atoms with Crippen LogP contribution >= 0.6 is 11.3 Å². The van der Waals surface area contributed by atoms with E-state index >= 15 is 0 Å². The normalized spacial score (nSPS) is 17.1. The van der Waals surface area contributed by atoms with Gasteiger partial charge < -0.3 is 5.32 Å². The first-order valence-electron chi connectivity index (χ1n) is 7.86. The fraction of sp³-hybridized carbons (Fsp3) is 0.444. The SMILES string of the molecule is Cc1ccc(CC(=O)Nc2nc3c(s2)CC(C)CC3)c(C)c1. The molecular formula is C18H22N2OS. The zero-order valence-electron chi connectivity index (χ0n) is 13.4. The van der Waals surface area contributed by atoms with Crippen LogP contribution in [0.5, 0.6) is 0 Å². The molecule has 1 aromatic heterocycles. The van der Waals surface area contributed by atoms with Crippen molar-refractivity contribution in [2.45, 2.75) is 46.5 Å². The lowest BCUT2D eigenvalue weighted by Crippen LogP contribution is -2.15. The summed E-state index contributed by atoms with van der Waals surface area (Å²) in [6.45, 7) is 6.40. The van der Waals surface area contributed by atoms with E-state index in [2.05, 4.69) is 43.2 Å². The molecule has 1 aliphatic rings. The Kier molecular flexibility index (Phi) is 4.30. The van der Waals surface area contributed by atoms with Crippen LogP contribution in [0, 0.1) is 19.8 Å². The molecule has 1 heterocycles. The van der Waals surface area contributed by atoms with Crippen LogP contribution < -0.4 is 5.32 Å². The minimum absolute atomic E-state index is 0.0195. The molecule has 1 aromatic carbocycles. The average Bonchev–Trinajstić information content (AvgIpc) is 2.83. The molecule has 0 saturated heterocycles. The Hall–Kier alpha value is -1.68. The Morgan fingerprint density at radius 2 is 2.23 bits per heavy atom. The second-order valence-electron chi connectivity index (χ2n) is 6.39. The molecule has 0 radical (unpaired) electrons. The molecule has 1 unspecified atom stereocenters. The predicted octanol–water partition coefficient (Wildman–Crippen LogP) is 4.07. The number of anilines is 1. The first-order chi connectivity index (χ1) is 10.5. The summed E-state index contributed by atoms with van der Waals surface area (Å²) >= 11 is 1.64. The van der Waals surface area contributed by atoms with Crippen LogP contribution in [0.1, 0.15) is 40.6 Å². The molecular weight excluding hydrogens is 292 g/mol. The lowest BCUT2D eigenvalue weighted by molar-refractivity contribution is -0.115. The van der Waals surface area contributed by atoms with Gasteiger partial charge in [0, 0.05) is 4.88 Å². The first kappa shape index (κ1) is 15.2. The smallest absolute Gasteiger partial charge is 0.230 e. The van der Waals surface area contributed by atoms with Crippen LogP contribution in [0.25, 0.3) is 0 Å². The number of amides is 1. The summed E-state index contributed by atoms with van der Waals surface area (Å²) in [5.41, 5.74) is 4.66. The van der Waals surface area contributed by atoms with Gasteiger partial charge in [0.15, 0.2) is 5.13 Å². The molecule has 0 bridgehead atoms. The molecule has 1 amide bonds. The minimum Gasteiger partial charge on any atom is -0.302 e. The van der Waals surface area contributed by atoms with Crippen molar-refractivity contribution >= 4 is 22.4 Å². The van der Waals surface area contributed by atoms with Crippen molar-refractivity contribution in [3.63, 3.8) is 0 Å². The fourth-order valence-corrected chi connectivity index (χ4v) is 4.16. The average molecular weight is 314 g/mol. The molecule has 3 rings (SSSR count). The van der Waals surface area contributed by atoms with Crippen molar-refractivity contribution < 1.29 is 4.79 Å². The van der Waals surface area contributed by atoms with Crippen LogP contribution in [0.3, 0.4) is 0 Å². The van der Waals surface area contributed by atoms with Gasteiger partial charge in [-0.15, -0.1) is 11.3 Å². The van der Waals surface area contributed by atoms with E-state index in [0.717, 1.165) is 29.5 Å². The van der Waals surface area contributed by atoms with Crippen molar-refractivity contribution in [2.24, 2.45) is 5.92 Å². The molecule has 1 N–H and O–H groups in total. The lowest BCUT2D eigenvalue weighted by atomic mass is 9.93. The summed E-state index contributed by atoms with van der Waals surface area (Å²) in [5.74, 6) is 0.748. The van der Waals surface area contributed by atoms with Crippen LogP contribution in [0.15, 0.2) is 18.2 Å². The molecule has 22 heavy (non-hydrogen) atoms. The Morgan fingerprint density at radius 3 is 3.00 bits per heavy atom. The molecule has 116 valence electrons. The van der Waals surface area contributed by atoms with E-state index in [-0.39, 0.29) is 5.91 Å². The standard InChI is InChI=1S/C18H22N2OS/c1-11-4-6-14(13(3)8-11)10-17(21)20-18-19-15-7-5-12(2)9-16(15)22-18/h4,6,8,12H,5,7,9-10H2,1-3H3,(H,19,20,21). The van der Waals surface area contributed by atoms with Crippen molar-refractivity contribution in [1.82, 2.24) is 4.98 Å². The number of hydrogen-bond donors (Lipinski definition) is 1. The van der Waals surface area contributed by atoms with Crippen LogP contribution in [0.4, 0.5) is 5.13 Å². The Bertz CT molecular complexity index is 705. The van der Waals surface area contributed by atoms with Gasteiger partial charge in [-0.2, -0.15) is 0 Å². The van der Waals surface area contributed by atoms with Gasteiger partial charge in [0.25, 0.3) is 0 Å². The van der Waals surface area contributed by atoms with Crippen molar-refractivity contribution in [3.8, 4) is 0 Å². The summed E-state index contributed by atoms with van der Waals surface area (Å²) in [5, 5.41) is 3.73. The molecule has 0 fully saturated rings. The monoisotopic (exact) mass is 314 g/mol. The van der Waals surface area contributed by atoms with E-state index in [0.29, 0.717) is 6.42 Å². The highest BCUT2D eigenvalue weighted by atomic mass is 32.1. The van der Waals surface area contributed by atoms with E-state index in [1.54, 1.807) is 11.3 Å². The number of nitrogens with one attached hydrogen (secondary N) is 1. The van der Waals surface area contributed by atoms with Gasteiger partial charge in [-0.05, 0) is 50.2 Å². The second-order valence-corrected chi connectivity index (χ2v) is 7.48. The number of carbonyl (C=O) groups excluding carboxylic acids is 1. The number of nitrogens with zero attached hydrogens (tertiary/aromatic N) is 1. The zero-order valence-corrected chi connectivity index (χ0v) is 14.2. The highest BCUT2D eigenvalue weighted by Gasteiger charge is 2.20. The third kappa shape index (κ3) is 3.38. The van der Waals surface area contributed by atoms with Gasteiger partial charge in [0.05, 0.1) is 12.1 Å². The Morgan fingerprint density at radius 1 is 1.41 bits per heavy atom. The number of benzene rings is 1. The van der Waals surface area contributed by atoms with Gasteiger partial charge >= 0.3 is 0 Å². The maximum atomic E-state index is 12.3. The summed E-state index contributed by atoms with van der Waals surface area (Å²) in [6.07, 6.45) is 3.75. The molecule has 4 heteroatoms. The first-order valence-corrected chi connectivity index (χ1v) is 8.67. The van der Waals surface area contributed by atoms with Crippen molar-refractivity contribution in [3.05, 3.63) is 45.5 Å².